The van der Waals surface area contributed by atoms with Crippen LogP contribution < -0.4 is 14.4 Å². The van der Waals surface area contributed by atoms with Gasteiger partial charge in [-0.2, -0.15) is 0 Å². The topological polar surface area (TPSA) is 99.2 Å². The number of nitrogens with one attached hydrogen (secondary N) is 1. The van der Waals surface area contributed by atoms with Crippen molar-refractivity contribution in [3.63, 3.8) is 0 Å². The van der Waals surface area contributed by atoms with Crippen molar-refractivity contribution in [3.05, 3.63) is 70.3 Å². The highest BCUT2D eigenvalue weighted by atomic mass is 35.5. The van der Waals surface area contributed by atoms with Crippen LogP contribution in [0, 0.1) is 23.7 Å². The van der Waals surface area contributed by atoms with Crippen molar-refractivity contribution in [2.75, 3.05) is 51.3 Å². The number of carbonyl (C=O) groups excluding carboxylic acids is 1. The normalized spacial score (nSPS) is 28.8. The van der Waals surface area contributed by atoms with Crippen molar-refractivity contribution < 1.29 is 23.1 Å². The minimum Gasteiger partial charge on any atom is -0.491 e. The third kappa shape index (κ3) is 7.92. The highest BCUT2D eigenvalue weighted by Gasteiger charge is 2.39. The largest absolute Gasteiger partial charge is 0.491 e. The summed E-state index contributed by atoms with van der Waals surface area (Å²) in [6, 6.07) is 11.4. The number of likely N-dealkylation sites (N-methyl/N-ethyl adjacent to an activating group) is 1. The SMILES string of the molecule is CCCc1cc(Cl)ccc1C1COc2ccc3cc2N(C1)CC1CCC1C(CN(C)CCO)/C=C/CC(C)C(C)S(=O)(=O)NC3=O. The van der Waals surface area contributed by atoms with E-state index in [1.54, 1.807) is 19.1 Å². The highest BCUT2D eigenvalue weighted by Crippen LogP contribution is 2.44. The second-order valence-electron chi connectivity index (χ2n) is 13.7. The number of ether oxygens (including phenoxy) is 1. The highest BCUT2D eigenvalue weighted by molar-refractivity contribution is 7.90. The molecule has 2 heterocycles. The summed E-state index contributed by atoms with van der Waals surface area (Å²) in [5, 5.41) is 9.57. The first kappa shape index (κ1) is 34.7. The van der Waals surface area contributed by atoms with Crippen molar-refractivity contribution in [1.82, 2.24) is 9.62 Å². The predicted octanol–water partition coefficient (Wildman–Crippen LogP) is 5.89. The Labute approximate surface area is 280 Å². The molecule has 1 saturated carbocycles. The molecule has 2 aliphatic heterocycles. The molecular weight excluding hydrogens is 622 g/mol. The number of allylic oxidation sites excluding steroid dienone is 1. The summed E-state index contributed by atoms with van der Waals surface area (Å²) in [7, 11) is -1.86. The van der Waals surface area contributed by atoms with Gasteiger partial charge in [-0.15, -0.1) is 0 Å². The molecule has 0 aromatic heterocycles. The van der Waals surface area contributed by atoms with Crippen LogP contribution in [0.1, 0.15) is 73.9 Å². The van der Waals surface area contributed by atoms with Crippen molar-refractivity contribution in [1.29, 1.82) is 0 Å². The van der Waals surface area contributed by atoms with Gasteiger partial charge in [-0.25, -0.2) is 13.1 Å². The van der Waals surface area contributed by atoms with Crippen LogP contribution in [0.5, 0.6) is 5.75 Å². The lowest BCUT2D eigenvalue weighted by Gasteiger charge is -2.45. The molecule has 2 bridgehead atoms. The van der Waals surface area contributed by atoms with E-state index in [1.807, 2.05) is 26.1 Å². The standard InChI is InChI=1S/C36H50ClN3O5S/c1-5-7-26-18-31(37)12-14-32(26)30-22-40-21-29-10-13-33(29)28(20-39(4)16-17-41)9-6-8-24(2)25(3)46(43,44)38-36(42)27-11-15-35(45-23-30)34(40)19-27/h6,9,11-12,14-15,18-19,24-25,28-30,33,41H,5,7-8,10,13,16-17,20-23H2,1-4H3,(H,38,42)/b9-6+. The van der Waals surface area contributed by atoms with Crippen LogP contribution in [0.15, 0.2) is 48.6 Å². The van der Waals surface area contributed by atoms with E-state index in [4.69, 9.17) is 16.3 Å². The Bertz CT molecular complexity index is 1510. The molecule has 2 aromatic rings. The zero-order valence-corrected chi connectivity index (χ0v) is 29.2. The Kier molecular flexibility index (Phi) is 11.4. The number of anilines is 1. The van der Waals surface area contributed by atoms with Crippen LogP contribution in [0.3, 0.4) is 0 Å². The maximum atomic E-state index is 13.4. The Morgan fingerprint density at radius 3 is 2.65 bits per heavy atom. The molecule has 6 unspecified atom stereocenters. The molecule has 0 saturated heterocycles. The van der Waals surface area contributed by atoms with Crippen LogP contribution in [0.2, 0.25) is 5.02 Å². The summed E-state index contributed by atoms with van der Waals surface area (Å²) in [6.45, 7) is 9.30. The summed E-state index contributed by atoms with van der Waals surface area (Å²) in [4.78, 5) is 18.0. The minimum absolute atomic E-state index is 0.0849. The number of carbonyl (C=O) groups is 1. The van der Waals surface area contributed by atoms with Gasteiger partial charge in [0, 0.05) is 42.7 Å². The number of aliphatic hydroxyl groups is 1. The van der Waals surface area contributed by atoms with Crippen molar-refractivity contribution in [2.45, 2.75) is 64.0 Å². The van der Waals surface area contributed by atoms with Crippen LogP contribution in [0.4, 0.5) is 5.69 Å². The van der Waals surface area contributed by atoms with Crippen molar-refractivity contribution in [2.24, 2.45) is 23.7 Å². The smallest absolute Gasteiger partial charge is 0.264 e. The van der Waals surface area contributed by atoms with Crippen LogP contribution in [-0.4, -0.2) is 76.0 Å². The van der Waals surface area contributed by atoms with Crippen molar-refractivity contribution in [3.8, 4) is 5.75 Å². The lowest BCUT2D eigenvalue weighted by molar-refractivity contribution is 0.0980. The van der Waals surface area contributed by atoms with Gasteiger partial charge in [0.25, 0.3) is 5.91 Å². The number of amides is 1. The first-order valence-electron chi connectivity index (χ1n) is 16.8. The average molecular weight is 672 g/mol. The fourth-order valence-electron chi connectivity index (χ4n) is 7.33. The zero-order valence-electron chi connectivity index (χ0n) is 27.6. The van der Waals surface area contributed by atoms with Gasteiger partial charge in [-0.05, 0) is 105 Å². The van der Waals surface area contributed by atoms with E-state index < -0.39 is 21.2 Å². The molecule has 0 spiro atoms. The molecule has 6 atom stereocenters. The van der Waals surface area contributed by atoms with Gasteiger partial charge in [0.2, 0.25) is 10.0 Å². The summed E-state index contributed by atoms with van der Waals surface area (Å²) < 4.78 is 35.5. The lowest BCUT2D eigenvalue weighted by atomic mass is 9.66. The molecule has 1 aliphatic carbocycles. The quantitative estimate of drug-likeness (QED) is 0.355. The molecular formula is C36H50ClN3O5S. The number of aliphatic hydroxyl groups excluding tert-OH is 1. The molecule has 3 aliphatic rings. The van der Waals surface area contributed by atoms with Crippen LogP contribution in [-0.2, 0) is 16.4 Å². The predicted molar refractivity (Wildman–Crippen MR) is 185 cm³/mol. The number of aryl methyl sites for hydroxylation is 1. The summed E-state index contributed by atoms with van der Waals surface area (Å²) in [6.07, 6.45) is 9.17. The molecule has 8 nitrogen and oxygen atoms in total. The van der Waals surface area contributed by atoms with E-state index in [2.05, 4.69) is 45.7 Å². The number of rotatable bonds is 7. The molecule has 252 valence electrons. The molecule has 5 rings (SSSR count). The second kappa shape index (κ2) is 15.1. The van der Waals surface area contributed by atoms with Gasteiger partial charge in [0.15, 0.2) is 0 Å². The fraction of sp³-hybridized carbons (Fsp3) is 0.583. The minimum atomic E-state index is -3.91. The van der Waals surface area contributed by atoms with Gasteiger partial charge in [0.1, 0.15) is 5.75 Å². The monoisotopic (exact) mass is 671 g/mol. The van der Waals surface area contributed by atoms with Gasteiger partial charge >= 0.3 is 0 Å². The maximum Gasteiger partial charge on any atom is 0.264 e. The first-order valence-corrected chi connectivity index (χ1v) is 18.7. The van der Waals surface area contributed by atoms with Gasteiger partial charge in [-0.3, -0.25) is 4.79 Å². The zero-order chi connectivity index (χ0) is 33.0. The average Bonchev–Trinajstić information content (AvgIpc) is 3.17. The Morgan fingerprint density at radius 2 is 1.93 bits per heavy atom. The molecule has 0 radical (unpaired) electrons. The van der Waals surface area contributed by atoms with E-state index in [9.17, 15) is 18.3 Å². The molecule has 1 amide bonds. The second-order valence-corrected chi connectivity index (χ2v) is 16.1. The van der Waals surface area contributed by atoms with Gasteiger partial charge < -0.3 is 19.6 Å². The van der Waals surface area contributed by atoms with Gasteiger partial charge in [0.05, 0.1) is 24.2 Å². The molecule has 10 heteroatoms. The Balaban J connectivity index is 1.55. The van der Waals surface area contributed by atoms with E-state index >= 15 is 0 Å². The number of sulfonamides is 1. The number of benzene rings is 2. The Hall–Kier alpha value is -2.59. The molecule has 2 aromatic carbocycles. The maximum absolute atomic E-state index is 13.4. The molecule has 1 fully saturated rings. The Morgan fingerprint density at radius 1 is 1.13 bits per heavy atom. The van der Waals surface area contributed by atoms with Crippen molar-refractivity contribution >= 4 is 33.2 Å². The third-order valence-electron chi connectivity index (χ3n) is 10.4. The van der Waals surface area contributed by atoms with E-state index in [0.29, 0.717) is 49.3 Å². The lowest BCUT2D eigenvalue weighted by Crippen LogP contribution is -2.45. The fourth-order valence-corrected chi connectivity index (χ4v) is 8.81. The van der Waals surface area contributed by atoms with Gasteiger partial charge in [-0.1, -0.05) is 50.1 Å². The summed E-state index contributed by atoms with van der Waals surface area (Å²) >= 11 is 6.43. The summed E-state index contributed by atoms with van der Waals surface area (Å²) in [5.74, 6) is 1.14. The number of halogens is 1. The van der Waals surface area contributed by atoms with E-state index in [-0.39, 0.29) is 24.4 Å². The summed E-state index contributed by atoms with van der Waals surface area (Å²) in [5.41, 5.74) is 3.58. The molecule has 46 heavy (non-hydrogen) atoms. The number of nitrogens with zero attached hydrogens (tertiary/aromatic N) is 2. The van der Waals surface area contributed by atoms with E-state index in [1.165, 1.54) is 11.1 Å². The third-order valence-corrected chi connectivity index (χ3v) is 12.6. The number of fused-ring (bicyclic) bond motifs is 2. The first-order chi connectivity index (χ1) is 22.0. The number of hydrogen-bond acceptors (Lipinski definition) is 7. The molecule has 2 N–H and O–H groups in total. The number of hydrogen-bond donors (Lipinski definition) is 2. The van der Waals surface area contributed by atoms with Crippen LogP contribution >= 0.6 is 11.6 Å². The van der Waals surface area contributed by atoms with Crippen LogP contribution in [0.25, 0.3) is 0 Å². The van der Waals surface area contributed by atoms with E-state index in [0.717, 1.165) is 49.5 Å².